The molecule has 0 aliphatic heterocycles. The Kier molecular flexibility index (Phi) is 5.92. The van der Waals surface area contributed by atoms with Gasteiger partial charge in [-0.05, 0) is 53.8 Å². The fourth-order valence-corrected chi connectivity index (χ4v) is 4.30. The van der Waals surface area contributed by atoms with Crippen LogP contribution in [-0.2, 0) is 0 Å². The van der Waals surface area contributed by atoms with Crippen LogP contribution in [0.25, 0.3) is 17.2 Å². The second-order valence-corrected chi connectivity index (χ2v) is 7.72. The van der Waals surface area contributed by atoms with Gasteiger partial charge < -0.3 is 4.90 Å². The van der Waals surface area contributed by atoms with Gasteiger partial charge in [0.05, 0.1) is 0 Å². The minimum Gasteiger partial charge on any atom is -0.338 e. The van der Waals surface area contributed by atoms with Crippen molar-refractivity contribution in [3.8, 4) is 11.1 Å². The molecule has 4 rings (SSSR count). The van der Waals surface area contributed by atoms with Crippen LogP contribution in [0.15, 0.2) is 85.4 Å². The number of nitrogens with zero attached hydrogens (tertiary/aromatic N) is 1. The molecule has 3 aromatic rings. The standard InChI is InChI=1S/C27H29N/c1-2-22-14-18-26(19-15-22)28(25-12-8-3-4-9-13-25)27-20-16-24(17-21-27)23-10-6-5-7-11-23/h2,5-7,10-11,14-21,25H,1,3-4,8-9,12-13H2. The van der Waals surface area contributed by atoms with E-state index in [9.17, 15) is 0 Å². The van der Waals surface area contributed by atoms with Gasteiger partial charge in [0.1, 0.15) is 0 Å². The Labute approximate surface area is 169 Å². The predicted molar refractivity (Wildman–Crippen MR) is 122 cm³/mol. The smallest absolute Gasteiger partial charge is 0.0413 e. The van der Waals surface area contributed by atoms with E-state index in [0.717, 1.165) is 0 Å². The van der Waals surface area contributed by atoms with Gasteiger partial charge in [-0.1, -0.05) is 92.9 Å². The molecule has 142 valence electrons. The van der Waals surface area contributed by atoms with Gasteiger partial charge in [-0.3, -0.25) is 0 Å². The zero-order valence-corrected chi connectivity index (χ0v) is 16.6. The molecule has 1 saturated carbocycles. The molecule has 0 saturated heterocycles. The molecule has 0 spiro atoms. The maximum absolute atomic E-state index is 3.89. The van der Waals surface area contributed by atoms with E-state index in [-0.39, 0.29) is 0 Å². The number of anilines is 2. The van der Waals surface area contributed by atoms with Gasteiger partial charge in [0.2, 0.25) is 0 Å². The molecular formula is C27H29N. The van der Waals surface area contributed by atoms with Gasteiger partial charge in [-0.25, -0.2) is 0 Å². The first kappa shape index (κ1) is 18.6. The summed E-state index contributed by atoms with van der Waals surface area (Å²) in [4.78, 5) is 2.56. The van der Waals surface area contributed by atoms with Crippen LogP contribution < -0.4 is 4.90 Å². The number of hydrogen-bond donors (Lipinski definition) is 0. The summed E-state index contributed by atoms with van der Waals surface area (Å²) in [6.07, 6.45) is 9.84. The van der Waals surface area contributed by atoms with Crippen molar-refractivity contribution in [3.63, 3.8) is 0 Å². The van der Waals surface area contributed by atoms with Crippen LogP contribution in [-0.4, -0.2) is 6.04 Å². The highest BCUT2D eigenvalue weighted by Crippen LogP contribution is 2.35. The Bertz CT molecular complexity index is 870. The molecule has 0 heterocycles. The molecule has 28 heavy (non-hydrogen) atoms. The van der Waals surface area contributed by atoms with E-state index < -0.39 is 0 Å². The third kappa shape index (κ3) is 4.20. The van der Waals surface area contributed by atoms with Crippen LogP contribution >= 0.6 is 0 Å². The number of rotatable bonds is 5. The lowest BCUT2D eigenvalue weighted by atomic mass is 10.0. The maximum atomic E-state index is 3.89. The zero-order chi connectivity index (χ0) is 19.2. The Morgan fingerprint density at radius 2 is 1.18 bits per heavy atom. The lowest BCUT2D eigenvalue weighted by Crippen LogP contribution is -2.30. The van der Waals surface area contributed by atoms with Gasteiger partial charge in [0, 0.05) is 17.4 Å². The van der Waals surface area contributed by atoms with Crippen LogP contribution in [0, 0.1) is 0 Å². The second kappa shape index (κ2) is 8.93. The van der Waals surface area contributed by atoms with Crippen molar-refractivity contribution in [1.29, 1.82) is 0 Å². The van der Waals surface area contributed by atoms with Crippen LogP contribution in [0.4, 0.5) is 11.4 Å². The Morgan fingerprint density at radius 1 is 0.643 bits per heavy atom. The van der Waals surface area contributed by atoms with Crippen molar-refractivity contribution in [2.45, 2.75) is 44.6 Å². The summed E-state index contributed by atoms with van der Waals surface area (Å²) in [7, 11) is 0. The van der Waals surface area contributed by atoms with Gasteiger partial charge in [-0.15, -0.1) is 0 Å². The molecule has 0 unspecified atom stereocenters. The topological polar surface area (TPSA) is 3.24 Å². The lowest BCUT2D eigenvalue weighted by molar-refractivity contribution is 0.569. The number of benzene rings is 3. The molecule has 0 atom stereocenters. The van der Waals surface area contributed by atoms with Crippen LogP contribution in [0.3, 0.4) is 0 Å². The largest absolute Gasteiger partial charge is 0.338 e. The molecule has 1 aliphatic rings. The van der Waals surface area contributed by atoms with Crippen molar-refractivity contribution < 1.29 is 0 Å². The monoisotopic (exact) mass is 367 g/mol. The minimum absolute atomic E-state index is 0.569. The molecule has 1 fully saturated rings. The molecule has 0 amide bonds. The summed E-state index contributed by atoms with van der Waals surface area (Å²) in [6.45, 7) is 3.89. The first-order valence-electron chi connectivity index (χ1n) is 10.5. The normalized spacial score (nSPS) is 15.0. The summed E-state index contributed by atoms with van der Waals surface area (Å²) in [5, 5.41) is 0. The molecule has 0 N–H and O–H groups in total. The van der Waals surface area contributed by atoms with Gasteiger partial charge in [-0.2, -0.15) is 0 Å². The van der Waals surface area contributed by atoms with Crippen molar-refractivity contribution in [2.24, 2.45) is 0 Å². The fourth-order valence-electron chi connectivity index (χ4n) is 4.30. The summed E-state index contributed by atoms with van der Waals surface area (Å²) in [6, 6.07) is 29.1. The quantitative estimate of drug-likeness (QED) is 0.415. The molecule has 1 aliphatic carbocycles. The van der Waals surface area contributed by atoms with E-state index in [0.29, 0.717) is 6.04 Å². The van der Waals surface area contributed by atoms with Crippen LogP contribution in [0.2, 0.25) is 0 Å². The van der Waals surface area contributed by atoms with Crippen molar-refractivity contribution >= 4 is 17.5 Å². The molecule has 0 radical (unpaired) electrons. The molecule has 0 bridgehead atoms. The Hall–Kier alpha value is -2.80. The lowest BCUT2D eigenvalue weighted by Gasteiger charge is -2.34. The van der Waals surface area contributed by atoms with Gasteiger partial charge in [0.15, 0.2) is 0 Å². The molecule has 0 aromatic heterocycles. The average Bonchev–Trinajstić information content (AvgIpc) is 3.05. The Balaban J connectivity index is 1.68. The third-order valence-corrected chi connectivity index (χ3v) is 5.85. The maximum Gasteiger partial charge on any atom is 0.0413 e. The first-order valence-corrected chi connectivity index (χ1v) is 10.5. The summed E-state index contributed by atoms with van der Waals surface area (Å²) in [5.74, 6) is 0. The van der Waals surface area contributed by atoms with E-state index >= 15 is 0 Å². The molecular weight excluding hydrogens is 338 g/mol. The SMILES string of the molecule is C=Cc1ccc(N(c2ccc(-c3ccccc3)cc2)C2CCCCCC2)cc1. The molecule has 1 nitrogen and oxygen atoms in total. The van der Waals surface area contributed by atoms with E-state index in [1.54, 1.807) is 0 Å². The van der Waals surface area contributed by atoms with Crippen molar-refractivity contribution in [3.05, 3.63) is 91.0 Å². The predicted octanol–water partition coefficient (Wildman–Crippen LogP) is 7.86. The highest BCUT2D eigenvalue weighted by atomic mass is 15.2. The molecule has 1 heteroatoms. The fraction of sp³-hybridized carbons (Fsp3) is 0.259. The van der Waals surface area contributed by atoms with Crippen LogP contribution in [0.5, 0.6) is 0 Å². The first-order chi connectivity index (χ1) is 13.8. The summed E-state index contributed by atoms with van der Waals surface area (Å²) < 4.78 is 0. The van der Waals surface area contributed by atoms with E-state index in [4.69, 9.17) is 0 Å². The molecule has 3 aromatic carbocycles. The third-order valence-electron chi connectivity index (χ3n) is 5.85. The van der Waals surface area contributed by atoms with E-state index in [1.807, 2.05) is 6.08 Å². The summed E-state index contributed by atoms with van der Waals surface area (Å²) in [5.41, 5.74) is 6.28. The second-order valence-electron chi connectivity index (χ2n) is 7.72. The average molecular weight is 368 g/mol. The van der Waals surface area contributed by atoms with Crippen molar-refractivity contribution in [2.75, 3.05) is 4.90 Å². The number of hydrogen-bond acceptors (Lipinski definition) is 1. The highest BCUT2D eigenvalue weighted by molar-refractivity contribution is 5.71. The minimum atomic E-state index is 0.569. The Morgan fingerprint density at radius 3 is 1.75 bits per heavy atom. The van der Waals surface area contributed by atoms with E-state index in [1.165, 1.54) is 66.6 Å². The van der Waals surface area contributed by atoms with Gasteiger partial charge >= 0.3 is 0 Å². The van der Waals surface area contributed by atoms with Gasteiger partial charge in [0.25, 0.3) is 0 Å². The van der Waals surface area contributed by atoms with Crippen molar-refractivity contribution in [1.82, 2.24) is 0 Å². The van der Waals surface area contributed by atoms with E-state index in [2.05, 4.69) is 90.3 Å². The van der Waals surface area contributed by atoms with Crippen LogP contribution in [0.1, 0.15) is 44.1 Å². The summed E-state index contributed by atoms with van der Waals surface area (Å²) >= 11 is 0. The highest BCUT2D eigenvalue weighted by Gasteiger charge is 2.22. The zero-order valence-electron chi connectivity index (χ0n) is 16.6.